The molecular formula is C6H5BrN2O2. The second-order valence-corrected chi connectivity index (χ2v) is 2.87. The summed E-state index contributed by atoms with van der Waals surface area (Å²) in [4.78, 5) is 13.4. The van der Waals surface area contributed by atoms with Crippen molar-refractivity contribution in [3.05, 3.63) is 38.6 Å². The smallest absolute Gasteiger partial charge is 0.245 e. The number of pyridine rings is 1. The van der Waals surface area contributed by atoms with Crippen LogP contribution in [-0.2, 0) is 6.54 Å². The van der Waals surface area contributed by atoms with Gasteiger partial charge >= 0.3 is 0 Å². The van der Waals surface area contributed by atoms with E-state index in [1.807, 2.05) is 0 Å². The molecule has 0 bridgehead atoms. The zero-order valence-electron chi connectivity index (χ0n) is 5.53. The summed E-state index contributed by atoms with van der Waals surface area (Å²) in [6, 6.07) is 3.35. The van der Waals surface area contributed by atoms with Gasteiger partial charge in [-0.1, -0.05) is 15.9 Å². The van der Waals surface area contributed by atoms with Crippen LogP contribution in [0.4, 0.5) is 0 Å². The van der Waals surface area contributed by atoms with Crippen molar-refractivity contribution in [1.29, 1.82) is 0 Å². The lowest BCUT2D eigenvalue weighted by Gasteiger charge is -1.93. The highest BCUT2D eigenvalue weighted by atomic mass is 79.9. The fourth-order valence-corrected chi connectivity index (χ4v) is 1.05. The van der Waals surface area contributed by atoms with E-state index in [1.54, 1.807) is 12.1 Å². The van der Waals surface area contributed by atoms with Gasteiger partial charge in [0.15, 0.2) is 0 Å². The molecule has 4 nitrogen and oxygen atoms in total. The normalized spacial score (nSPS) is 9.55. The molecule has 11 heavy (non-hydrogen) atoms. The predicted molar refractivity (Wildman–Crippen MR) is 42.6 cm³/mol. The number of nitrogens with zero attached hydrogens (tertiary/aromatic N) is 2. The Bertz CT molecular complexity index is 277. The zero-order valence-corrected chi connectivity index (χ0v) is 7.11. The molecule has 0 aliphatic carbocycles. The molecule has 1 heterocycles. The van der Waals surface area contributed by atoms with Crippen LogP contribution in [0.25, 0.3) is 0 Å². The summed E-state index contributed by atoms with van der Waals surface area (Å²) in [5, 5.41) is 10.0. The Morgan fingerprint density at radius 2 is 2.45 bits per heavy atom. The molecule has 0 saturated heterocycles. The number of aromatic nitrogens is 1. The molecule has 0 fully saturated rings. The number of rotatable bonds is 2. The third-order valence-electron chi connectivity index (χ3n) is 1.07. The molecule has 0 aliphatic rings. The van der Waals surface area contributed by atoms with Gasteiger partial charge < -0.3 is 0 Å². The van der Waals surface area contributed by atoms with Crippen LogP contribution in [0.15, 0.2) is 22.8 Å². The van der Waals surface area contributed by atoms with Crippen LogP contribution in [0, 0.1) is 10.1 Å². The van der Waals surface area contributed by atoms with Gasteiger partial charge in [0.1, 0.15) is 5.69 Å². The summed E-state index contributed by atoms with van der Waals surface area (Å²) < 4.78 is 0.810. The second kappa shape index (κ2) is 3.43. The molecule has 1 rings (SSSR count). The lowest BCUT2D eigenvalue weighted by atomic mass is 10.4. The quantitative estimate of drug-likeness (QED) is 0.558. The van der Waals surface area contributed by atoms with Crippen LogP contribution in [0.5, 0.6) is 0 Å². The minimum Gasteiger partial charge on any atom is -0.264 e. The summed E-state index contributed by atoms with van der Waals surface area (Å²) in [5.74, 6) is 0. The van der Waals surface area contributed by atoms with Crippen molar-refractivity contribution in [2.45, 2.75) is 6.54 Å². The Labute approximate surface area is 71.5 Å². The Hall–Kier alpha value is -0.970. The van der Waals surface area contributed by atoms with E-state index in [9.17, 15) is 10.1 Å². The van der Waals surface area contributed by atoms with Gasteiger partial charge in [-0.3, -0.25) is 15.1 Å². The van der Waals surface area contributed by atoms with Crippen molar-refractivity contribution in [2.24, 2.45) is 0 Å². The number of halogens is 1. The molecule has 1 aromatic rings. The Morgan fingerprint density at radius 1 is 1.73 bits per heavy atom. The lowest BCUT2D eigenvalue weighted by Crippen LogP contribution is -1.99. The average molecular weight is 217 g/mol. The van der Waals surface area contributed by atoms with Gasteiger partial charge in [0.25, 0.3) is 0 Å². The van der Waals surface area contributed by atoms with Gasteiger partial charge in [-0.25, -0.2) is 0 Å². The molecule has 0 aromatic carbocycles. The summed E-state index contributed by atoms with van der Waals surface area (Å²) in [7, 11) is 0. The van der Waals surface area contributed by atoms with E-state index in [0.717, 1.165) is 4.47 Å². The number of hydrogen-bond acceptors (Lipinski definition) is 3. The van der Waals surface area contributed by atoms with Crippen molar-refractivity contribution in [2.75, 3.05) is 0 Å². The highest BCUT2D eigenvalue weighted by Crippen LogP contribution is 2.09. The first kappa shape index (κ1) is 8.13. The zero-order chi connectivity index (χ0) is 8.27. The molecule has 0 spiro atoms. The van der Waals surface area contributed by atoms with Crippen molar-refractivity contribution >= 4 is 15.9 Å². The molecular weight excluding hydrogens is 212 g/mol. The second-order valence-electron chi connectivity index (χ2n) is 1.96. The van der Waals surface area contributed by atoms with Crippen LogP contribution in [0.2, 0.25) is 0 Å². The SMILES string of the molecule is O=[N+]([O-])Cc1cc(Br)ccn1. The third kappa shape index (κ3) is 2.63. The third-order valence-corrected chi connectivity index (χ3v) is 1.56. The molecule has 5 heteroatoms. The standard InChI is InChI=1S/C6H5BrN2O2/c7-5-1-2-8-6(3-5)4-9(10)11/h1-3H,4H2. The topological polar surface area (TPSA) is 56.0 Å². The van der Waals surface area contributed by atoms with E-state index in [1.165, 1.54) is 6.20 Å². The predicted octanol–water partition coefficient (Wildman–Crippen LogP) is 1.62. The summed E-state index contributed by atoms with van der Waals surface area (Å²) in [5.41, 5.74) is 0.462. The van der Waals surface area contributed by atoms with Crippen LogP contribution in [0.3, 0.4) is 0 Å². The van der Waals surface area contributed by atoms with E-state index >= 15 is 0 Å². The molecule has 0 atom stereocenters. The van der Waals surface area contributed by atoms with E-state index in [-0.39, 0.29) is 6.54 Å². The molecule has 0 N–H and O–H groups in total. The highest BCUT2D eigenvalue weighted by molar-refractivity contribution is 9.10. The van der Waals surface area contributed by atoms with Gasteiger partial charge in [-0.2, -0.15) is 0 Å². The summed E-state index contributed by atoms with van der Waals surface area (Å²) >= 11 is 3.19. The molecule has 0 radical (unpaired) electrons. The highest BCUT2D eigenvalue weighted by Gasteiger charge is 2.01. The van der Waals surface area contributed by atoms with Gasteiger partial charge in [0.05, 0.1) is 0 Å². The maximum Gasteiger partial charge on any atom is 0.245 e. The fraction of sp³-hybridized carbons (Fsp3) is 0.167. The molecule has 0 aliphatic heterocycles. The summed E-state index contributed by atoms with van der Waals surface area (Å²) in [6.07, 6.45) is 1.53. The van der Waals surface area contributed by atoms with Crippen molar-refractivity contribution < 1.29 is 4.92 Å². The van der Waals surface area contributed by atoms with Gasteiger partial charge in [0.2, 0.25) is 6.54 Å². The summed E-state index contributed by atoms with van der Waals surface area (Å²) in [6.45, 7) is -0.223. The van der Waals surface area contributed by atoms with Gasteiger partial charge in [0, 0.05) is 15.6 Å². The molecule has 58 valence electrons. The van der Waals surface area contributed by atoms with E-state index in [0.29, 0.717) is 5.69 Å². The van der Waals surface area contributed by atoms with Crippen LogP contribution in [-0.4, -0.2) is 9.91 Å². The Balaban J connectivity index is 2.79. The first-order valence-electron chi connectivity index (χ1n) is 2.91. The minimum atomic E-state index is -0.408. The largest absolute Gasteiger partial charge is 0.264 e. The monoisotopic (exact) mass is 216 g/mol. The van der Waals surface area contributed by atoms with E-state index in [2.05, 4.69) is 20.9 Å². The van der Waals surface area contributed by atoms with Gasteiger partial charge in [-0.05, 0) is 12.1 Å². The van der Waals surface area contributed by atoms with Crippen LogP contribution < -0.4 is 0 Å². The molecule has 0 saturated carbocycles. The van der Waals surface area contributed by atoms with Crippen LogP contribution >= 0.6 is 15.9 Å². The average Bonchev–Trinajstić information content (AvgIpc) is 1.85. The lowest BCUT2D eigenvalue weighted by molar-refractivity contribution is -0.497. The first-order chi connectivity index (χ1) is 5.18. The van der Waals surface area contributed by atoms with Crippen LogP contribution in [0.1, 0.15) is 5.69 Å². The Morgan fingerprint density at radius 3 is 3.00 bits per heavy atom. The first-order valence-corrected chi connectivity index (χ1v) is 3.70. The van der Waals surface area contributed by atoms with E-state index < -0.39 is 4.92 Å². The Kier molecular flexibility index (Phi) is 2.53. The molecule has 0 unspecified atom stereocenters. The van der Waals surface area contributed by atoms with Gasteiger partial charge in [-0.15, -0.1) is 0 Å². The number of nitro groups is 1. The maximum absolute atomic E-state index is 10.0. The van der Waals surface area contributed by atoms with E-state index in [4.69, 9.17) is 0 Å². The number of hydrogen-bond donors (Lipinski definition) is 0. The van der Waals surface area contributed by atoms with Crippen molar-refractivity contribution in [1.82, 2.24) is 4.98 Å². The molecule has 0 amide bonds. The maximum atomic E-state index is 10.0. The molecule has 1 aromatic heterocycles. The fourth-order valence-electron chi connectivity index (χ4n) is 0.667. The minimum absolute atomic E-state index is 0.223. The van der Waals surface area contributed by atoms with Crippen molar-refractivity contribution in [3.8, 4) is 0 Å². The van der Waals surface area contributed by atoms with Crippen molar-refractivity contribution in [3.63, 3.8) is 0 Å².